The van der Waals surface area contributed by atoms with Gasteiger partial charge in [-0.25, -0.2) is 0 Å². The molecule has 6 heteroatoms. The summed E-state index contributed by atoms with van der Waals surface area (Å²) in [6, 6.07) is 15.4. The molecule has 1 aliphatic heterocycles. The van der Waals surface area contributed by atoms with Crippen molar-refractivity contribution in [2.24, 2.45) is 0 Å². The van der Waals surface area contributed by atoms with E-state index in [4.69, 9.17) is 9.26 Å². The Morgan fingerprint density at radius 2 is 1.96 bits per heavy atom. The Balaban J connectivity index is 1.45. The number of carbonyl (C=O) groups excluding carboxylic acids is 1. The molecule has 1 amide bonds. The average Bonchev–Trinajstić information content (AvgIpc) is 3.35. The number of aryl methyl sites for hydroxylation is 2. The number of hydrogen-bond donors (Lipinski definition) is 0. The molecule has 1 aliphatic rings. The Morgan fingerprint density at radius 1 is 1.18 bits per heavy atom. The quantitative estimate of drug-likeness (QED) is 0.670. The zero-order valence-corrected chi connectivity index (χ0v) is 16.1. The van der Waals surface area contributed by atoms with Gasteiger partial charge in [0.2, 0.25) is 11.7 Å². The van der Waals surface area contributed by atoms with E-state index in [1.165, 1.54) is 0 Å². The van der Waals surface area contributed by atoms with Crippen LogP contribution in [0.15, 0.2) is 53.1 Å². The van der Waals surface area contributed by atoms with Crippen LogP contribution in [0, 0.1) is 13.8 Å². The van der Waals surface area contributed by atoms with Gasteiger partial charge >= 0.3 is 0 Å². The van der Waals surface area contributed by atoms with Crippen LogP contribution in [0.4, 0.5) is 0 Å². The molecule has 0 aliphatic carbocycles. The number of rotatable bonds is 5. The lowest BCUT2D eigenvalue weighted by atomic mass is 10.1. The lowest BCUT2D eigenvalue weighted by molar-refractivity contribution is -0.134. The van der Waals surface area contributed by atoms with Gasteiger partial charge in [-0.2, -0.15) is 4.98 Å². The van der Waals surface area contributed by atoms with Gasteiger partial charge in [0.15, 0.2) is 6.61 Å². The number of benzene rings is 2. The number of carbonyl (C=O) groups is 1. The maximum Gasteiger partial charge on any atom is 0.261 e. The number of likely N-dealkylation sites (tertiary alicyclic amines) is 1. The summed E-state index contributed by atoms with van der Waals surface area (Å²) in [5, 5.41) is 4.11. The summed E-state index contributed by atoms with van der Waals surface area (Å²) in [4.78, 5) is 19.1. The molecule has 0 saturated carbocycles. The van der Waals surface area contributed by atoms with Crippen molar-refractivity contribution in [2.75, 3.05) is 13.2 Å². The van der Waals surface area contributed by atoms with Crippen LogP contribution in [0.25, 0.3) is 11.4 Å². The van der Waals surface area contributed by atoms with E-state index in [0.29, 0.717) is 24.0 Å². The van der Waals surface area contributed by atoms with Gasteiger partial charge in [-0.1, -0.05) is 41.1 Å². The average molecular weight is 377 g/mol. The van der Waals surface area contributed by atoms with E-state index >= 15 is 0 Å². The van der Waals surface area contributed by atoms with Crippen LogP contribution in [0.5, 0.6) is 5.75 Å². The van der Waals surface area contributed by atoms with Gasteiger partial charge in [0, 0.05) is 12.1 Å². The van der Waals surface area contributed by atoms with Gasteiger partial charge in [-0.05, 0) is 50.5 Å². The van der Waals surface area contributed by atoms with Gasteiger partial charge in [0.05, 0.1) is 0 Å². The lowest BCUT2D eigenvalue weighted by Gasteiger charge is -2.21. The molecule has 144 valence electrons. The van der Waals surface area contributed by atoms with Crippen molar-refractivity contribution in [3.05, 3.63) is 65.5 Å². The molecule has 1 aromatic heterocycles. The van der Waals surface area contributed by atoms with Crippen molar-refractivity contribution in [2.45, 2.75) is 32.7 Å². The molecule has 0 N–H and O–H groups in total. The minimum Gasteiger partial charge on any atom is -0.484 e. The first-order valence-electron chi connectivity index (χ1n) is 9.50. The van der Waals surface area contributed by atoms with E-state index in [1.807, 2.05) is 62.4 Å². The SMILES string of the molecule is Cc1cccc(OCC(=O)N2CCCC2c2nc(-c3cccc(C)c3)no2)c1. The van der Waals surface area contributed by atoms with Crippen molar-refractivity contribution in [3.8, 4) is 17.1 Å². The van der Waals surface area contributed by atoms with Crippen molar-refractivity contribution in [1.29, 1.82) is 0 Å². The Kier molecular flexibility index (Phi) is 5.10. The number of aromatic nitrogens is 2. The number of amides is 1. The van der Waals surface area contributed by atoms with E-state index in [-0.39, 0.29) is 18.6 Å². The molecule has 6 nitrogen and oxygen atoms in total. The first kappa shape index (κ1) is 18.2. The fraction of sp³-hybridized carbons (Fsp3) is 0.318. The minimum absolute atomic E-state index is 0.00116. The molecule has 4 rings (SSSR count). The highest BCUT2D eigenvalue weighted by Crippen LogP contribution is 2.32. The van der Waals surface area contributed by atoms with E-state index in [0.717, 1.165) is 29.5 Å². The first-order chi connectivity index (χ1) is 13.6. The molecule has 28 heavy (non-hydrogen) atoms. The third kappa shape index (κ3) is 3.91. The summed E-state index contributed by atoms with van der Waals surface area (Å²) in [7, 11) is 0. The zero-order valence-electron chi connectivity index (χ0n) is 16.1. The van der Waals surface area contributed by atoms with Crippen LogP contribution in [0.1, 0.15) is 35.9 Å². The van der Waals surface area contributed by atoms with Gasteiger partial charge < -0.3 is 14.2 Å². The second-order valence-electron chi connectivity index (χ2n) is 7.18. The molecule has 0 radical (unpaired) electrons. The highest BCUT2D eigenvalue weighted by Gasteiger charge is 2.34. The maximum absolute atomic E-state index is 12.7. The monoisotopic (exact) mass is 377 g/mol. The lowest BCUT2D eigenvalue weighted by Crippen LogP contribution is -2.34. The molecular formula is C22H23N3O3. The van der Waals surface area contributed by atoms with Crippen molar-refractivity contribution < 1.29 is 14.1 Å². The molecule has 0 bridgehead atoms. The Hall–Kier alpha value is -3.15. The molecule has 3 aromatic rings. The van der Waals surface area contributed by atoms with Gasteiger partial charge in [0.1, 0.15) is 11.8 Å². The third-order valence-electron chi connectivity index (χ3n) is 4.93. The number of ether oxygens (including phenoxy) is 1. The Bertz CT molecular complexity index is 982. The Labute approximate surface area is 164 Å². The molecular weight excluding hydrogens is 354 g/mol. The summed E-state index contributed by atoms with van der Waals surface area (Å²) in [5.74, 6) is 1.66. The summed E-state index contributed by atoms with van der Waals surface area (Å²) in [6.07, 6.45) is 1.72. The van der Waals surface area contributed by atoms with Crippen LogP contribution in [-0.4, -0.2) is 34.1 Å². The highest BCUT2D eigenvalue weighted by atomic mass is 16.5. The molecule has 2 heterocycles. The fourth-order valence-electron chi connectivity index (χ4n) is 3.53. The van der Waals surface area contributed by atoms with Gasteiger partial charge in [-0.3, -0.25) is 4.79 Å². The van der Waals surface area contributed by atoms with Crippen molar-refractivity contribution in [1.82, 2.24) is 15.0 Å². The largest absolute Gasteiger partial charge is 0.484 e. The van der Waals surface area contributed by atoms with E-state index < -0.39 is 0 Å². The zero-order chi connectivity index (χ0) is 19.5. The van der Waals surface area contributed by atoms with Crippen LogP contribution in [-0.2, 0) is 4.79 Å². The predicted octanol–water partition coefficient (Wildman–Crippen LogP) is 4.10. The second-order valence-corrected chi connectivity index (χ2v) is 7.18. The standard InChI is InChI=1S/C22H23N3O3/c1-15-6-3-8-17(12-15)21-23-22(28-24-21)19-10-5-11-25(19)20(26)14-27-18-9-4-7-16(2)13-18/h3-4,6-9,12-13,19H,5,10-11,14H2,1-2H3. The smallest absolute Gasteiger partial charge is 0.261 e. The van der Waals surface area contributed by atoms with E-state index in [9.17, 15) is 4.79 Å². The highest BCUT2D eigenvalue weighted by molar-refractivity contribution is 5.78. The number of nitrogens with zero attached hydrogens (tertiary/aromatic N) is 3. The molecule has 1 saturated heterocycles. The third-order valence-corrected chi connectivity index (χ3v) is 4.93. The van der Waals surface area contributed by atoms with Crippen LogP contribution in [0.2, 0.25) is 0 Å². The first-order valence-corrected chi connectivity index (χ1v) is 9.50. The van der Waals surface area contributed by atoms with Crippen LogP contribution < -0.4 is 4.74 Å². The molecule has 1 unspecified atom stereocenters. The fourth-order valence-corrected chi connectivity index (χ4v) is 3.53. The summed E-state index contributed by atoms with van der Waals surface area (Å²) in [5.41, 5.74) is 3.14. The molecule has 2 aromatic carbocycles. The van der Waals surface area contributed by atoms with Crippen LogP contribution >= 0.6 is 0 Å². The number of hydrogen-bond acceptors (Lipinski definition) is 5. The second kappa shape index (κ2) is 7.84. The minimum atomic E-state index is -0.195. The Morgan fingerprint density at radius 3 is 2.75 bits per heavy atom. The summed E-state index contributed by atoms with van der Waals surface area (Å²) >= 11 is 0. The van der Waals surface area contributed by atoms with Gasteiger partial charge in [0.25, 0.3) is 5.91 Å². The van der Waals surface area contributed by atoms with Crippen molar-refractivity contribution >= 4 is 5.91 Å². The van der Waals surface area contributed by atoms with Crippen molar-refractivity contribution in [3.63, 3.8) is 0 Å². The van der Waals surface area contributed by atoms with Gasteiger partial charge in [-0.15, -0.1) is 0 Å². The topological polar surface area (TPSA) is 68.5 Å². The molecule has 1 fully saturated rings. The molecule has 1 atom stereocenters. The van der Waals surface area contributed by atoms with E-state index in [2.05, 4.69) is 10.1 Å². The summed E-state index contributed by atoms with van der Waals surface area (Å²) in [6.45, 7) is 4.68. The maximum atomic E-state index is 12.7. The predicted molar refractivity (Wildman–Crippen MR) is 105 cm³/mol. The normalized spacial score (nSPS) is 16.4. The van der Waals surface area contributed by atoms with Crippen LogP contribution in [0.3, 0.4) is 0 Å². The molecule has 0 spiro atoms. The van der Waals surface area contributed by atoms with E-state index in [1.54, 1.807) is 4.90 Å². The summed E-state index contributed by atoms with van der Waals surface area (Å²) < 4.78 is 11.2.